The van der Waals surface area contributed by atoms with Crippen LogP contribution >= 0.6 is 0 Å². The lowest BCUT2D eigenvalue weighted by Gasteiger charge is -2.15. The summed E-state index contributed by atoms with van der Waals surface area (Å²) in [5.41, 5.74) is 1.89. The van der Waals surface area contributed by atoms with Gasteiger partial charge in [0.15, 0.2) is 0 Å². The van der Waals surface area contributed by atoms with Crippen LogP contribution in [0.4, 0.5) is 5.69 Å². The molecular formula is C18H19NO. The Bertz CT molecular complexity index is 575. The molecule has 20 heavy (non-hydrogen) atoms. The molecule has 2 nitrogen and oxygen atoms in total. The fourth-order valence-corrected chi connectivity index (χ4v) is 1.95. The van der Waals surface area contributed by atoms with Gasteiger partial charge in [-0.05, 0) is 24.1 Å². The molecular weight excluding hydrogens is 246 g/mol. The molecule has 0 saturated carbocycles. The van der Waals surface area contributed by atoms with Gasteiger partial charge >= 0.3 is 0 Å². The molecule has 0 bridgehead atoms. The summed E-state index contributed by atoms with van der Waals surface area (Å²) in [7, 11) is 0. The lowest BCUT2D eigenvalue weighted by molar-refractivity contribution is 0.477. The SMILES string of the molecule is C=CCC(/C=C/c1ccccc1)Nc1ccccc1O. The molecule has 1 unspecified atom stereocenters. The molecule has 0 heterocycles. The zero-order chi connectivity index (χ0) is 14.2. The van der Waals surface area contributed by atoms with Gasteiger partial charge in [-0.2, -0.15) is 0 Å². The third kappa shape index (κ3) is 4.02. The summed E-state index contributed by atoms with van der Waals surface area (Å²) in [6.07, 6.45) is 6.81. The van der Waals surface area contributed by atoms with Crippen molar-refractivity contribution in [3.05, 3.63) is 78.9 Å². The maximum Gasteiger partial charge on any atom is 0.138 e. The summed E-state index contributed by atoms with van der Waals surface area (Å²) in [5, 5.41) is 13.1. The normalized spacial score (nSPS) is 12.2. The van der Waals surface area contributed by atoms with E-state index in [0.29, 0.717) is 0 Å². The number of benzene rings is 2. The highest BCUT2D eigenvalue weighted by Crippen LogP contribution is 2.23. The van der Waals surface area contributed by atoms with Gasteiger partial charge in [-0.15, -0.1) is 6.58 Å². The third-order valence-corrected chi connectivity index (χ3v) is 2.99. The predicted octanol–water partition coefficient (Wildman–Crippen LogP) is 4.46. The molecule has 0 aliphatic rings. The van der Waals surface area contributed by atoms with E-state index in [2.05, 4.69) is 36.2 Å². The monoisotopic (exact) mass is 265 g/mol. The Kier molecular flexibility index (Phi) is 5.01. The van der Waals surface area contributed by atoms with Crippen molar-refractivity contribution in [1.82, 2.24) is 0 Å². The number of phenolic OH excluding ortho intramolecular Hbond substituents is 1. The second-order valence-corrected chi connectivity index (χ2v) is 4.56. The number of rotatable bonds is 6. The Morgan fingerprint density at radius 3 is 2.45 bits per heavy atom. The van der Waals surface area contributed by atoms with E-state index in [-0.39, 0.29) is 11.8 Å². The van der Waals surface area contributed by atoms with E-state index < -0.39 is 0 Å². The Balaban J connectivity index is 2.09. The first-order chi connectivity index (χ1) is 9.79. The molecule has 0 aliphatic carbocycles. The number of para-hydroxylation sites is 2. The average molecular weight is 265 g/mol. The molecule has 2 aromatic rings. The van der Waals surface area contributed by atoms with Gasteiger partial charge in [0.05, 0.1) is 5.69 Å². The van der Waals surface area contributed by atoms with Crippen LogP contribution in [-0.2, 0) is 0 Å². The zero-order valence-electron chi connectivity index (χ0n) is 11.4. The summed E-state index contributed by atoms with van der Waals surface area (Å²) < 4.78 is 0. The molecule has 0 amide bonds. The first-order valence-electron chi connectivity index (χ1n) is 6.68. The minimum atomic E-state index is 0.0982. The maximum absolute atomic E-state index is 9.80. The van der Waals surface area contributed by atoms with Crippen molar-refractivity contribution in [3.8, 4) is 5.75 Å². The highest BCUT2D eigenvalue weighted by atomic mass is 16.3. The molecule has 102 valence electrons. The van der Waals surface area contributed by atoms with Gasteiger partial charge < -0.3 is 10.4 Å². The Morgan fingerprint density at radius 1 is 1.05 bits per heavy atom. The van der Waals surface area contributed by atoms with Crippen molar-refractivity contribution in [3.63, 3.8) is 0 Å². The second-order valence-electron chi connectivity index (χ2n) is 4.56. The van der Waals surface area contributed by atoms with Gasteiger partial charge in [0.1, 0.15) is 5.75 Å². The molecule has 1 atom stereocenters. The lowest BCUT2D eigenvalue weighted by Crippen LogP contribution is -2.15. The summed E-state index contributed by atoms with van der Waals surface area (Å²) >= 11 is 0. The Hall–Kier alpha value is -2.48. The number of aromatic hydroxyl groups is 1. The minimum absolute atomic E-state index is 0.0982. The van der Waals surface area contributed by atoms with E-state index in [1.807, 2.05) is 42.5 Å². The molecule has 0 fully saturated rings. The number of hydrogen-bond donors (Lipinski definition) is 2. The van der Waals surface area contributed by atoms with Gasteiger partial charge in [-0.3, -0.25) is 0 Å². The van der Waals surface area contributed by atoms with E-state index in [0.717, 1.165) is 17.7 Å². The average Bonchev–Trinajstić information content (AvgIpc) is 2.48. The van der Waals surface area contributed by atoms with E-state index in [1.165, 1.54) is 0 Å². The lowest BCUT2D eigenvalue weighted by atomic mass is 10.1. The van der Waals surface area contributed by atoms with Crippen LogP contribution in [0, 0.1) is 0 Å². The van der Waals surface area contributed by atoms with E-state index in [9.17, 15) is 5.11 Å². The van der Waals surface area contributed by atoms with Crippen molar-refractivity contribution in [2.24, 2.45) is 0 Å². The first-order valence-corrected chi connectivity index (χ1v) is 6.68. The molecule has 2 rings (SSSR count). The van der Waals surface area contributed by atoms with Crippen molar-refractivity contribution in [2.75, 3.05) is 5.32 Å². The first kappa shape index (κ1) is 13.9. The molecule has 0 aliphatic heterocycles. The quantitative estimate of drug-likeness (QED) is 0.597. The smallest absolute Gasteiger partial charge is 0.138 e. The largest absolute Gasteiger partial charge is 0.506 e. The summed E-state index contributed by atoms with van der Waals surface area (Å²) in [6.45, 7) is 3.78. The van der Waals surface area contributed by atoms with Crippen molar-refractivity contribution >= 4 is 11.8 Å². The van der Waals surface area contributed by atoms with Crippen LogP contribution in [0.3, 0.4) is 0 Å². The molecule has 0 aromatic heterocycles. The van der Waals surface area contributed by atoms with Crippen LogP contribution in [0.25, 0.3) is 6.08 Å². The standard InChI is InChI=1S/C18H19NO/c1-2-8-16(14-13-15-9-4-3-5-10-15)19-17-11-6-7-12-18(17)20/h2-7,9-14,16,19-20H,1,8H2/b14-13+. The van der Waals surface area contributed by atoms with Gasteiger partial charge in [-0.1, -0.05) is 60.7 Å². The topological polar surface area (TPSA) is 32.3 Å². The fourth-order valence-electron chi connectivity index (χ4n) is 1.95. The Labute approximate surface area is 120 Å². The molecule has 0 spiro atoms. The fraction of sp³-hybridized carbons (Fsp3) is 0.111. The number of nitrogens with one attached hydrogen (secondary N) is 1. The van der Waals surface area contributed by atoms with Crippen LogP contribution < -0.4 is 5.32 Å². The second kappa shape index (κ2) is 7.19. The summed E-state index contributed by atoms with van der Waals surface area (Å²) in [4.78, 5) is 0. The van der Waals surface area contributed by atoms with E-state index in [1.54, 1.807) is 6.07 Å². The van der Waals surface area contributed by atoms with E-state index >= 15 is 0 Å². The third-order valence-electron chi connectivity index (χ3n) is 2.99. The van der Waals surface area contributed by atoms with Crippen molar-refractivity contribution in [2.45, 2.75) is 12.5 Å². The molecule has 2 heteroatoms. The molecule has 2 aromatic carbocycles. The van der Waals surface area contributed by atoms with Crippen LogP contribution in [0.5, 0.6) is 5.75 Å². The predicted molar refractivity (Wildman–Crippen MR) is 85.8 cm³/mol. The van der Waals surface area contributed by atoms with Crippen molar-refractivity contribution in [1.29, 1.82) is 0 Å². The number of anilines is 1. The van der Waals surface area contributed by atoms with E-state index in [4.69, 9.17) is 0 Å². The summed E-state index contributed by atoms with van der Waals surface area (Å²) in [6, 6.07) is 17.5. The number of phenols is 1. The number of hydrogen-bond acceptors (Lipinski definition) is 2. The molecule has 0 saturated heterocycles. The highest BCUT2D eigenvalue weighted by Gasteiger charge is 2.05. The highest BCUT2D eigenvalue weighted by molar-refractivity contribution is 5.58. The Morgan fingerprint density at radius 2 is 1.75 bits per heavy atom. The van der Waals surface area contributed by atoms with Crippen LogP contribution in [-0.4, -0.2) is 11.1 Å². The maximum atomic E-state index is 9.80. The van der Waals surface area contributed by atoms with Gasteiger partial charge in [-0.25, -0.2) is 0 Å². The van der Waals surface area contributed by atoms with Gasteiger partial charge in [0.2, 0.25) is 0 Å². The van der Waals surface area contributed by atoms with Gasteiger partial charge in [0.25, 0.3) is 0 Å². The molecule has 2 N–H and O–H groups in total. The van der Waals surface area contributed by atoms with Crippen LogP contribution in [0.1, 0.15) is 12.0 Å². The van der Waals surface area contributed by atoms with Crippen molar-refractivity contribution < 1.29 is 5.11 Å². The van der Waals surface area contributed by atoms with Crippen LogP contribution in [0.15, 0.2) is 73.3 Å². The zero-order valence-corrected chi connectivity index (χ0v) is 11.4. The van der Waals surface area contributed by atoms with Crippen LogP contribution in [0.2, 0.25) is 0 Å². The minimum Gasteiger partial charge on any atom is -0.506 e. The summed E-state index contributed by atoms with van der Waals surface area (Å²) in [5.74, 6) is 0.259. The molecule has 0 radical (unpaired) electrons. The van der Waals surface area contributed by atoms with Gasteiger partial charge in [0, 0.05) is 6.04 Å².